The molecule has 1 aliphatic heterocycles. The Morgan fingerprint density at radius 3 is 2.43 bits per heavy atom. The van der Waals surface area contributed by atoms with Gasteiger partial charge in [0.05, 0.1) is 12.2 Å². The van der Waals surface area contributed by atoms with Crippen molar-refractivity contribution in [2.45, 2.75) is 71.9 Å². The van der Waals surface area contributed by atoms with Gasteiger partial charge in [-0.3, -0.25) is 9.59 Å². The molecule has 1 amide bonds. The molecule has 7 nitrogen and oxygen atoms in total. The Bertz CT molecular complexity index is 767. The molecule has 1 aliphatic rings. The van der Waals surface area contributed by atoms with Gasteiger partial charge in [-0.15, -0.1) is 11.3 Å². The third kappa shape index (κ3) is 5.11. The van der Waals surface area contributed by atoms with Crippen LogP contribution in [0.25, 0.3) is 0 Å². The molecule has 0 bridgehead atoms. The van der Waals surface area contributed by atoms with E-state index in [-0.39, 0.29) is 30.7 Å². The predicted octanol–water partition coefficient (Wildman–Crippen LogP) is 3.37. The van der Waals surface area contributed by atoms with E-state index in [4.69, 9.17) is 9.47 Å². The zero-order chi connectivity index (χ0) is 21.1. The number of carbonyl (C=O) groups excluding carboxylic acids is 3. The van der Waals surface area contributed by atoms with Crippen LogP contribution in [-0.4, -0.2) is 36.6 Å². The largest absolute Gasteiger partial charge is 0.462 e. The minimum absolute atomic E-state index is 0.213. The van der Waals surface area contributed by atoms with Crippen molar-refractivity contribution >= 4 is 34.2 Å². The molecular weight excluding hydrogens is 380 g/mol. The fourth-order valence-corrected chi connectivity index (χ4v) is 4.90. The molecule has 0 fully saturated rings. The molecule has 156 valence electrons. The third-order valence-corrected chi connectivity index (χ3v) is 5.87. The number of thiophene rings is 1. The number of anilines is 1. The molecule has 0 atom stereocenters. The summed E-state index contributed by atoms with van der Waals surface area (Å²) in [5.41, 5.74) is 0.725. The Kier molecular flexibility index (Phi) is 6.88. The van der Waals surface area contributed by atoms with Crippen molar-refractivity contribution in [2.75, 3.05) is 18.5 Å². The monoisotopic (exact) mass is 410 g/mol. The van der Waals surface area contributed by atoms with Gasteiger partial charge in [0, 0.05) is 22.4 Å². The van der Waals surface area contributed by atoms with Crippen LogP contribution >= 0.6 is 11.3 Å². The quantitative estimate of drug-likeness (QED) is 0.670. The van der Waals surface area contributed by atoms with E-state index in [1.165, 1.54) is 11.3 Å². The first-order chi connectivity index (χ1) is 13.0. The van der Waals surface area contributed by atoms with Crippen molar-refractivity contribution in [3.8, 4) is 0 Å². The van der Waals surface area contributed by atoms with Gasteiger partial charge in [-0.05, 0) is 53.0 Å². The van der Waals surface area contributed by atoms with Crippen LogP contribution in [0.5, 0.6) is 0 Å². The standard InChI is InChI=1S/C20H30N2O5S/c1-7-9-14(24)27-11-13(23)21-17-15(18(25)26-8-2)12-10-19(3,4)22-20(5,6)16(12)28-17/h22H,7-11H2,1-6H3,(H,21,23). The van der Waals surface area contributed by atoms with Crippen molar-refractivity contribution in [1.82, 2.24) is 5.32 Å². The lowest BCUT2D eigenvalue weighted by Crippen LogP contribution is -2.55. The van der Waals surface area contributed by atoms with E-state index in [0.29, 0.717) is 23.4 Å². The Morgan fingerprint density at radius 1 is 1.14 bits per heavy atom. The Morgan fingerprint density at radius 2 is 1.82 bits per heavy atom. The summed E-state index contributed by atoms with van der Waals surface area (Å²) in [6.45, 7) is 11.7. The van der Waals surface area contributed by atoms with Gasteiger partial charge in [0.25, 0.3) is 5.91 Å². The fraction of sp³-hybridized carbons (Fsp3) is 0.650. The summed E-state index contributed by atoms with van der Waals surface area (Å²) in [6.07, 6.45) is 1.56. The van der Waals surface area contributed by atoms with Gasteiger partial charge in [-0.1, -0.05) is 6.92 Å². The first-order valence-electron chi connectivity index (χ1n) is 9.58. The summed E-state index contributed by atoms with van der Waals surface area (Å²) in [5.74, 6) is -1.34. The highest BCUT2D eigenvalue weighted by atomic mass is 32.1. The molecule has 0 saturated heterocycles. The van der Waals surface area contributed by atoms with Crippen LogP contribution in [0.3, 0.4) is 0 Å². The highest BCUT2D eigenvalue weighted by Crippen LogP contribution is 2.45. The number of ether oxygens (including phenoxy) is 2. The van der Waals surface area contributed by atoms with Gasteiger partial charge >= 0.3 is 11.9 Å². The summed E-state index contributed by atoms with van der Waals surface area (Å²) in [4.78, 5) is 37.5. The van der Waals surface area contributed by atoms with Crippen molar-refractivity contribution in [2.24, 2.45) is 0 Å². The van der Waals surface area contributed by atoms with Crippen molar-refractivity contribution in [3.63, 3.8) is 0 Å². The molecule has 28 heavy (non-hydrogen) atoms. The number of nitrogens with one attached hydrogen (secondary N) is 2. The maximum Gasteiger partial charge on any atom is 0.341 e. The molecule has 1 aromatic heterocycles. The molecule has 0 aliphatic carbocycles. The Hall–Kier alpha value is -1.93. The molecule has 0 aromatic carbocycles. The maximum absolute atomic E-state index is 12.7. The van der Waals surface area contributed by atoms with Crippen molar-refractivity contribution in [1.29, 1.82) is 0 Å². The average molecular weight is 411 g/mol. The second-order valence-corrected chi connectivity index (χ2v) is 9.12. The van der Waals surface area contributed by atoms with Crippen LogP contribution in [0.2, 0.25) is 0 Å². The van der Waals surface area contributed by atoms with Crippen LogP contribution in [0, 0.1) is 0 Å². The zero-order valence-electron chi connectivity index (χ0n) is 17.5. The molecule has 8 heteroatoms. The molecule has 0 spiro atoms. The van der Waals surface area contributed by atoms with Gasteiger partial charge in [0.1, 0.15) is 5.00 Å². The van der Waals surface area contributed by atoms with Crippen molar-refractivity contribution < 1.29 is 23.9 Å². The van der Waals surface area contributed by atoms with Crippen LogP contribution in [-0.2, 0) is 31.0 Å². The van der Waals surface area contributed by atoms with Crippen LogP contribution < -0.4 is 10.6 Å². The van der Waals surface area contributed by atoms with Crippen LogP contribution in [0.4, 0.5) is 5.00 Å². The summed E-state index contributed by atoms with van der Waals surface area (Å²) in [5, 5.41) is 6.76. The van der Waals surface area contributed by atoms with Gasteiger partial charge in [0.2, 0.25) is 0 Å². The molecule has 2 heterocycles. The maximum atomic E-state index is 12.7. The normalized spacial score (nSPS) is 16.8. The summed E-state index contributed by atoms with van der Waals surface area (Å²) in [6, 6.07) is 0. The molecule has 2 rings (SSSR count). The van der Waals surface area contributed by atoms with Gasteiger partial charge in [-0.25, -0.2) is 4.79 Å². The SMILES string of the molecule is CCCC(=O)OCC(=O)Nc1sc2c(c1C(=O)OCC)CC(C)(C)NC2(C)C. The third-order valence-electron chi connectivity index (χ3n) is 4.40. The molecule has 0 unspecified atom stereocenters. The van der Waals surface area contributed by atoms with Crippen molar-refractivity contribution in [3.05, 3.63) is 16.0 Å². The average Bonchev–Trinajstić information content (AvgIpc) is 2.90. The lowest BCUT2D eigenvalue weighted by atomic mass is 9.81. The predicted molar refractivity (Wildman–Crippen MR) is 109 cm³/mol. The first kappa shape index (κ1) is 22.4. The van der Waals surface area contributed by atoms with E-state index in [0.717, 1.165) is 10.4 Å². The van der Waals surface area contributed by atoms with E-state index in [2.05, 4.69) is 38.3 Å². The number of hydrogen-bond donors (Lipinski definition) is 2. The molecule has 2 N–H and O–H groups in total. The summed E-state index contributed by atoms with van der Waals surface area (Å²) >= 11 is 1.36. The number of hydrogen-bond acceptors (Lipinski definition) is 7. The first-order valence-corrected chi connectivity index (χ1v) is 10.4. The highest BCUT2D eigenvalue weighted by Gasteiger charge is 2.42. The van der Waals surface area contributed by atoms with Gasteiger partial charge in [0.15, 0.2) is 6.61 Å². The lowest BCUT2D eigenvalue weighted by Gasteiger charge is -2.42. The van der Waals surface area contributed by atoms with E-state index < -0.39 is 17.8 Å². The molecular formula is C20H30N2O5S. The smallest absolute Gasteiger partial charge is 0.341 e. The Balaban J connectivity index is 2.34. The van der Waals surface area contributed by atoms with Gasteiger partial charge < -0.3 is 20.1 Å². The van der Waals surface area contributed by atoms with E-state index in [1.807, 2.05) is 6.92 Å². The summed E-state index contributed by atoms with van der Waals surface area (Å²) in [7, 11) is 0. The number of esters is 2. The topological polar surface area (TPSA) is 93.7 Å². The molecule has 0 saturated carbocycles. The van der Waals surface area contributed by atoms with E-state index in [1.54, 1.807) is 6.92 Å². The number of fused-ring (bicyclic) bond motifs is 1. The van der Waals surface area contributed by atoms with E-state index in [9.17, 15) is 14.4 Å². The highest BCUT2D eigenvalue weighted by molar-refractivity contribution is 7.17. The lowest BCUT2D eigenvalue weighted by molar-refractivity contribution is -0.147. The zero-order valence-corrected chi connectivity index (χ0v) is 18.3. The van der Waals surface area contributed by atoms with Crippen LogP contribution in [0.15, 0.2) is 0 Å². The second-order valence-electron chi connectivity index (χ2n) is 8.10. The minimum atomic E-state index is -0.473. The van der Waals surface area contributed by atoms with Gasteiger partial charge in [-0.2, -0.15) is 0 Å². The number of rotatable bonds is 7. The fourth-order valence-electron chi connectivity index (χ4n) is 3.62. The minimum Gasteiger partial charge on any atom is -0.462 e. The second kappa shape index (κ2) is 8.61. The Labute approximate surface area is 170 Å². The molecule has 0 radical (unpaired) electrons. The van der Waals surface area contributed by atoms with Crippen LogP contribution in [0.1, 0.15) is 75.2 Å². The number of amides is 1. The number of carbonyl (C=O) groups is 3. The summed E-state index contributed by atoms with van der Waals surface area (Å²) < 4.78 is 10.2. The van der Waals surface area contributed by atoms with E-state index >= 15 is 0 Å². The molecule has 1 aromatic rings.